The third kappa shape index (κ3) is 2.48. The minimum absolute atomic E-state index is 0.571. The van der Waals surface area contributed by atoms with Crippen LogP contribution in [0.4, 0.5) is 5.82 Å². The summed E-state index contributed by atoms with van der Waals surface area (Å²) in [6.45, 7) is 6.36. The fourth-order valence-electron chi connectivity index (χ4n) is 1.85. The van der Waals surface area contributed by atoms with Crippen LogP contribution in [0.2, 0.25) is 0 Å². The number of alkyl halides is 1. The highest BCUT2D eigenvalue weighted by atomic mass is 79.9. The molecule has 0 radical (unpaired) electrons. The molecular formula is C11H16BrN3. The average molecular weight is 270 g/mol. The molecule has 2 atom stereocenters. The van der Waals surface area contributed by atoms with Crippen molar-refractivity contribution in [2.24, 2.45) is 5.92 Å². The van der Waals surface area contributed by atoms with Gasteiger partial charge in [0, 0.05) is 24.1 Å². The highest BCUT2D eigenvalue weighted by molar-refractivity contribution is 9.09. The van der Waals surface area contributed by atoms with E-state index in [0.717, 1.165) is 30.6 Å². The molecule has 1 aliphatic heterocycles. The molecule has 15 heavy (non-hydrogen) atoms. The lowest BCUT2D eigenvalue weighted by Crippen LogP contribution is -2.40. The second-order valence-corrected chi connectivity index (χ2v) is 5.37. The third-order valence-corrected chi connectivity index (χ3v) is 4.14. The Morgan fingerprint density at radius 1 is 1.53 bits per heavy atom. The summed E-state index contributed by atoms with van der Waals surface area (Å²) in [5.41, 5.74) is 0. The number of nitrogens with zero attached hydrogens (tertiary/aromatic N) is 3. The second kappa shape index (κ2) is 4.47. The number of anilines is 1. The van der Waals surface area contributed by atoms with Gasteiger partial charge in [0.2, 0.25) is 0 Å². The molecule has 1 aromatic heterocycles. The summed E-state index contributed by atoms with van der Waals surface area (Å²) >= 11 is 3.72. The van der Waals surface area contributed by atoms with E-state index in [1.807, 2.05) is 19.2 Å². The van der Waals surface area contributed by atoms with E-state index in [1.165, 1.54) is 6.42 Å². The maximum atomic E-state index is 4.45. The van der Waals surface area contributed by atoms with Gasteiger partial charge in [0.1, 0.15) is 11.6 Å². The van der Waals surface area contributed by atoms with Gasteiger partial charge in [-0.2, -0.15) is 0 Å². The Hall–Kier alpha value is -0.640. The molecule has 1 aliphatic rings. The molecule has 0 aromatic carbocycles. The van der Waals surface area contributed by atoms with E-state index in [2.05, 4.69) is 37.7 Å². The smallest absolute Gasteiger partial charge is 0.132 e. The Morgan fingerprint density at radius 3 is 3.00 bits per heavy atom. The number of piperidine rings is 1. The van der Waals surface area contributed by atoms with Crippen LogP contribution in [0.5, 0.6) is 0 Å². The van der Waals surface area contributed by atoms with Gasteiger partial charge < -0.3 is 4.90 Å². The third-order valence-electron chi connectivity index (χ3n) is 2.95. The molecule has 2 rings (SSSR count). The van der Waals surface area contributed by atoms with E-state index >= 15 is 0 Å². The first kappa shape index (κ1) is 10.9. The van der Waals surface area contributed by atoms with Gasteiger partial charge in [-0.15, -0.1) is 0 Å². The van der Waals surface area contributed by atoms with E-state index in [9.17, 15) is 0 Å². The van der Waals surface area contributed by atoms with Crippen molar-refractivity contribution in [2.75, 3.05) is 18.0 Å². The number of rotatable bonds is 1. The van der Waals surface area contributed by atoms with E-state index < -0.39 is 0 Å². The lowest BCUT2D eigenvalue weighted by Gasteiger charge is -2.34. The highest BCUT2D eigenvalue weighted by Crippen LogP contribution is 2.26. The average Bonchev–Trinajstić information content (AvgIpc) is 2.22. The molecule has 0 aliphatic carbocycles. The molecular weight excluding hydrogens is 254 g/mol. The molecule has 0 spiro atoms. The summed E-state index contributed by atoms with van der Waals surface area (Å²) < 4.78 is 0. The van der Waals surface area contributed by atoms with E-state index in [0.29, 0.717) is 4.83 Å². The maximum Gasteiger partial charge on any atom is 0.132 e. The molecule has 1 saturated heterocycles. The molecule has 1 fully saturated rings. The Labute approximate surface area is 99.0 Å². The summed E-state index contributed by atoms with van der Waals surface area (Å²) in [6, 6.07) is 1.99. The van der Waals surface area contributed by atoms with Crippen LogP contribution in [0.15, 0.2) is 12.3 Å². The van der Waals surface area contributed by atoms with Gasteiger partial charge in [0.05, 0.1) is 0 Å². The van der Waals surface area contributed by atoms with Crippen molar-refractivity contribution in [3.63, 3.8) is 0 Å². The SMILES string of the molecule is Cc1nccc(N2CCC(C)C(Br)C2)n1. The number of aryl methyl sites for hydroxylation is 1. The van der Waals surface area contributed by atoms with Gasteiger partial charge in [-0.25, -0.2) is 9.97 Å². The van der Waals surface area contributed by atoms with Crippen LogP contribution in [-0.4, -0.2) is 27.9 Å². The first-order valence-electron chi connectivity index (χ1n) is 5.35. The standard InChI is InChI=1S/C11H16BrN3/c1-8-4-6-15(7-10(8)12)11-3-5-13-9(2)14-11/h3,5,8,10H,4,6-7H2,1-2H3. The molecule has 0 N–H and O–H groups in total. The van der Waals surface area contributed by atoms with Crippen molar-refractivity contribution in [3.8, 4) is 0 Å². The Kier molecular flexibility index (Phi) is 3.24. The monoisotopic (exact) mass is 269 g/mol. The van der Waals surface area contributed by atoms with Crippen molar-refractivity contribution < 1.29 is 0 Å². The molecule has 0 amide bonds. The minimum atomic E-state index is 0.571. The van der Waals surface area contributed by atoms with E-state index in [-0.39, 0.29) is 0 Å². The van der Waals surface area contributed by atoms with Crippen molar-refractivity contribution in [1.29, 1.82) is 0 Å². The number of aromatic nitrogens is 2. The molecule has 0 bridgehead atoms. The van der Waals surface area contributed by atoms with Crippen molar-refractivity contribution in [1.82, 2.24) is 9.97 Å². The summed E-state index contributed by atoms with van der Waals surface area (Å²) in [5.74, 6) is 2.65. The summed E-state index contributed by atoms with van der Waals surface area (Å²) in [7, 11) is 0. The van der Waals surface area contributed by atoms with Crippen LogP contribution in [0, 0.1) is 12.8 Å². The number of hydrogen-bond acceptors (Lipinski definition) is 3. The van der Waals surface area contributed by atoms with E-state index in [4.69, 9.17) is 0 Å². The molecule has 2 unspecified atom stereocenters. The first-order valence-corrected chi connectivity index (χ1v) is 6.27. The normalized spacial score (nSPS) is 26.7. The Morgan fingerprint density at radius 2 is 2.33 bits per heavy atom. The van der Waals surface area contributed by atoms with Gasteiger partial charge in [-0.1, -0.05) is 22.9 Å². The molecule has 82 valence electrons. The predicted molar refractivity (Wildman–Crippen MR) is 65.5 cm³/mol. The van der Waals surface area contributed by atoms with Crippen LogP contribution in [0.25, 0.3) is 0 Å². The minimum Gasteiger partial charge on any atom is -0.355 e. The zero-order chi connectivity index (χ0) is 10.8. The second-order valence-electron chi connectivity index (χ2n) is 4.19. The molecule has 4 heteroatoms. The lowest BCUT2D eigenvalue weighted by molar-refractivity contribution is 0.454. The lowest BCUT2D eigenvalue weighted by atomic mass is 9.99. The number of hydrogen-bond donors (Lipinski definition) is 0. The fourth-order valence-corrected chi connectivity index (χ4v) is 2.46. The van der Waals surface area contributed by atoms with Crippen molar-refractivity contribution in [3.05, 3.63) is 18.1 Å². The van der Waals surface area contributed by atoms with Crippen molar-refractivity contribution in [2.45, 2.75) is 25.1 Å². The fraction of sp³-hybridized carbons (Fsp3) is 0.636. The molecule has 1 aromatic rings. The number of halogens is 1. The highest BCUT2D eigenvalue weighted by Gasteiger charge is 2.24. The zero-order valence-corrected chi connectivity index (χ0v) is 10.7. The maximum absolute atomic E-state index is 4.45. The summed E-state index contributed by atoms with van der Waals surface area (Å²) in [5, 5.41) is 0. The van der Waals surface area contributed by atoms with Crippen molar-refractivity contribution >= 4 is 21.7 Å². The first-order chi connectivity index (χ1) is 7.16. The van der Waals surface area contributed by atoms with Crippen LogP contribution in [-0.2, 0) is 0 Å². The van der Waals surface area contributed by atoms with Gasteiger partial charge in [-0.05, 0) is 25.3 Å². The topological polar surface area (TPSA) is 29.0 Å². The zero-order valence-electron chi connectivity index (χ0n) is 9.15. The molecule has 2 heterocycles. The largest absolute Gasteiger partial charge is 0.355 e. The Balaban J connectivity index is 2.12. The van der Waals surface area contributed by atoms with Gasteiger partial charge in [0.25, 0.3) is 0 Å². The summed E-state index contributed by atoms with van der Waals surface area (Å²) in [6.07, 6.45) is 3.05. The van der Waals surface area contributed by atoms with Gasteiger partial charge in [-0.3, -0.25) is 0 Å². The van der Waals surface area contributed by atoms with Crippen LogP contribution in [0.3, 0.4) is 0 Å². The predicted octanol–water partition coefficient (Wildman–Crippen LogP) is 2.39. The van der Waals surface area contributed by atoms with Gasteiger partial charge in [0.15, 0.2) is 0 Å². The quantitative estimate of drug-likeness (QED) is 0.734. The van der Waals surface area contributed by atoms with Crippen LogP contribution < -0.4 is 4.90 Å². The summed E-state index contributed by atoms with van der Waals surface area (Å²) in [4.78, 5) is 11.5. The van der Waals surface area contributed by atoms with E-state index in [1.54, 1.807) is 0 Å². The van der Waals surface area contributed by atoms with Gasteiger partial charge >= 0.3 is 0 Å². The van der Waals surface area contributed by atoms with Crippen LogP contribution >= 0.6 is 15.9 Å². The van der Waals surface area contributed by atoms with Crippen LogP contribution in [0.1, 0.15) is 19.2 Å². The Bertz CT molecular complexity index is 342. The molecule has 3 nitrogen and oxygen atoms in total. The molecule has 0 saturated carbocycles.